The lowest BCUT2D eigenvalue weighted by atomic mass is 10.3. The summed E-state index contributed by atoms with van der Waals surface area (Å²) in [6.07, 6.45) is 3.97. The summed E-state index contributed by atoms with van der Waals surface area (Å²) in [5.74, 6) is 0.562. The zero-order valence-electron chi connectivity index (χ0n) is 10.8. The molecule has 0 aliphatic rings. The van der Waals surface area contributed by atoms with E-state index in [0.29, 0.717) is 22.4 Å². The molecule has 0 radical (unpaired) electrons. The molecule has 102 valence electrons. The van der Waals surface area contributed by atoms with Gasteiger partial charge >= 0.3 is 0 Å². The van der Waals surface area contributed by atoms with Crippen molar-refractivity contribution in [2.75, 3.05) is 0 Å². The number of hydrogen-bond donors (Lipinski definition) is 0. The third-order valence-corrected chi connectivity index (χ3v) is 3.46. The molecule has 0 bridgehead atoms. The summed E-state index contributed by atoms with van der Waals surface area (Å²) in [6.45, 7) is 2.39. The second-order valence-electron chi connectivity index (χ2n) is 4.57. The van der Waals surface area contributed by atoms with Gasteiger partial charge in [-0.2, -0.15) is 0 Å². The van der Waals surface area contributed by atoms with Crippen LogP contribution in [-0.4, -0.2) is 9.38 Å². The minimum atomic E-state index is 0.348. The Morgan fingerprint density at radius 1 is 1.15 bits per heavy atom. The highest BCUT2D eigenvalue weighted by Gasteiger charge is 2.06. The number of imidazole rings is 1. The van der Waals surface area contributed by atoms with Gasteiger partial charge in [0.15, 0.2) is 0 Å². The van der Waals surface area contributed by atoms with E-state index in [2.05, 4.69) is 4.98 Å². The second-order valence-corrected chi connectivity index (χ2v) is 5.41. The molecule has 2 heterocycles. The Balaban J connectivity index is 1.81. The van der Waals surface area contributed by atoms with Crippen molar-refractivity contribution in [2.24, 2.45) is 0 Å². The predicted molar refractivity (Wildman–Crippen MR) is 80.7 cm³/mol. The van der Waals surface area contributed by atoms with Crippen molar-refractivity contribution in [3.63, 3.8) is 0 Å². The largest absolute Gasteiger partial charge is 0.486 e. The molecule has 0 saturated heterocycles. The number of halogens is 2. The fraction of sp³-hybridized carbons (Fsp3) is 0.133. The molecular weight excluding hydrogens is 295 g/mol. The quantitative estimate of drug-likeness (QED) is 0.711. The molecule has 3 aromatic rings. The molecule has 0 N–H and O–H groups in total. The average Bonchev–Trinajstić information content (AvgIpc) is 2.81. The summed E-state index contributed by atoms with van der Waals surface area (Å²) < 4.78 is 7.65. The number of nitrogens with zero attached hydrogens (tertiary/aromatic N) is 2. The summed E-state index contributed by atoms with van der Waals surface area (Å²) in [4.78, 5) is 4.48. The number of benzene rings is 1. The molecule has 1 aromatic carbocycles. The van der Waals surface area contributed by atoms with Crippen LogP contribution in [0.5, 0.6) is 5.75 Å². The Kier molecular flexibility index (Phi) is 3.55. The highest BCUT2D eigenvalue weighted by atomic mass is 35.5. The Bertz CT molecular complexity index is 768. The SMILES string of the molecule is Cc1ccc2nc(COc3cc(Cl)ccc3Cl)cn2c1. The standard InChI is InChI=1S/C15H12Cl2N2O/c1-10-2-5-15-18-12(8-19(15)7-10)9-20-14-6-11(16)3-4-13(14)17/h2-8H,9H2,1H3. The van der Waals surface area contributed by atoms with E-state index in [9.17, 15) is 0 Å². The van der Waals surface area contributed by atoms with E-state index in [4.69, 9.17) is 27.9 Å². The van der Waals surface area contributed by atoms with Gasteiger partial charge in [-0.05, 0) is 30.7 Å². The van der Waals surface area contributed by atoms with Gasteiger partial charge in [-0.15, -0.1) is 0 Å². The zero-order chi connectivity index (χ0) is 14.1. The van der Waals surface area contributed by atoms with Gasteiger partial charge in [-0.25, -0.2) is 4.98 Å². The molecule has 0 saturated carbocycles. The molecule has 0 atom stereocenters. The van der Waals surface area contributed by atoms with E-state index in [-0.39, 0.29) is 0 Å². The fourth-order valence-electron chi connectivity index (χ4n) is 1.96. The maximum absolute atomic E-state index is 6.05. The van der Waals surface area contributed by atoms with Crippen molar-refractivity contribution < 1.29 is 4.74 Å². The van der Waals surface area contributed by atoms with Crippen LogP contribution in [0.2, 0.25) is 10.0 Å². The number of hydrogen-bond acceptors (Lipinski definition) is 2. The van der Waals surface area contributed by atoms with Crippen molar-refractivity contribution in [3.05, 3.63) is 64.0 Å². The topological polar surface area (TPSA) is 26.5 Å². The van der Waals surface area contributed by atoms with Gasteiger partial charge in [0.2, 0.25) is 0 Å². The minimum Gasteiger partial charge on any atom is -0.486 e. The van der Waals surface area contributed by atoms with E-state index >= 15 is 0 Å². The van der Waals surface area contributed by atoms with Crippen LogP contribution in [0.3, 0.4) is 0 Å². The molecule has 20 heavy (non-hydrogen) atoms. The highest BCUT2D eigenvalue weighted by Crippen LogP contribution is 2.28. The Morgan fingerprint density at radius 2 is 2.00 bits per heavy atom. The lowest BCUT2D eigenvalue weighted by molar-refractivity contribution is 0.302. The van der Waals surface area contributed by atoms with E-state index in [1.165, 1.54) is 5.56 Å². The fourth-order valence-corrected chi connectivity index (χ4v) is 2.30. The number of rotatable bonds is 3. The third-order valence-electron chi connectivity index (χ3n) is 2.92. The molecule has 0 aliphatic heterocycles. The summed E-state index contributed by atoms with van der Waals surface area (Å²) in [6, 6.07) is 9.15. The first kappa shape index (κ1) is 13.3. The maximum atomic E-state index is 6.05. The van der Waals surface area contributed by atoms with Gasteiger partial charge in [0.1, 0.15) is 18.0 Å². The van der Waals surface area contributed by atoms with Crippen LogP contribution in [0.1, 0.15) is 11.3 Å². The van der Waals surface area contributed by atoms with Crippen LogP contribution in [0.4, 0.5) is 0 Å². The molecule has 3 rings (SSSR count). The summed E-state index contributed by atoms with van der Waals surface area (Å²) in [5, 5.41) is 1.13. The van der Waals surface area contributed by atoms with Crippen LogP contribution in [0, 0.1) is 6.92 Å². The second kappa shape index (κ2) is 5.35. The van der Waals surface area contributed by atoms with Crippen molar-refractivity contribution in [2.45, 2.75) is 13.5 Å². The number of aromatic nitrogens is 2. The van der Waals surface area contributed by atoms with Crippen LogP contribution in [-0.2, 0) is 6.61 Å². The van der Waals surface area contributed by atoms with Crippen LogP contribution >= 0.6 is 23.2 Å². The van der Waals surface area contributed by atoms with Crippen molar-refractivity contribution in [1.29, 1.82) is 0 Å². The normalized spacial score (nSPS) is 10.9. The Labute approximate surface area is 126 Å². The van der Waals surface area contributed by atoms with Gasteiger partial charge in [0.05, 0.1) is 10.7 Å². The van der Waals surface area contributed by atoms with Crippen molar-refractivity contribution >= 4 is 28.8 Å². The summed E-state index contributed by atoms with van der Waals surface area (Å²) in [5.41, 5.74) is 2.92. The van der Waals surface area contributed by atoms with Gasteiger partial charge in [0.25, 0.3) is 0 Å². The van der Waals surface area contributed by atoms with Crippen molar-refractivity contribution in [3.8, 4) is 5.75 Å². The van der Waals surface area contributed by atoms with Crippen molar-refractivity contribution in [1.82, 2.24) is 9.38 Å². The molecule has 0 spiro atoms. The molecule has 0 aliphatic carbocycles. The summed E-state index contributed by atoms with van der Waals surface area (Å²) in [7, 11) is 0. The molecule has 2 aromatic heterocycles. The number of fused-ring (bicyclic) bond motifs is 1. The molecule has 0 fully saturated rings. The summed E-state index contributed by atoms with van der Waals surface area (Å²) >= 11 is 12.0. The molecular formula is C15H12Cl2N2O. The predicted octanol–water partition coefficient (Wildman–Crippen LogP) is 4.53. The molecule has 3 nitrogen and oxygen atoms in total. The Hall–Kier alpha value is -1.71. The van der Waals surface area contributed by atoms with Gasteiger partial charge in [-0.1, -0.05) is 29.3 Å². The first-order chi connectivity index (χ1) is 9.61. The number of pyridine rings is 1. The van der Waals surface area contributed by atoms with Gasteiger partial charge in [0, 0.05) is 23.5 Å². The lowest BCUT2D eigenvalue weighted by Crippen LogP contribution is -1.96. The van der Waals surface area contributed by atoms with E-state index in [1.807, 2.05) is 35.9 Å². The van der Waals surface area contributed by atoms with E-state index in [0.717, 1.165) is 11.3 Å². The highest BCUT2D eigenvalue weighted by molar-refractivity contribution is 6.34. The van der Waals surface area contributed by atoms with Crippen LogP contribution in [0.15, 0.2) is 42.7 Å². The third kappa shape index (κ3) is 2.74. The van der Waals surface area contributed by atoms with E-state index < -0.39 is 0 Å². The number of ether oxygens (including phenoxy) is 1. The molecule has 0 unspecified atom stereocenters. The molecule has 5 heteroatoms. The first-order valence-corrected chi connectivity index (χ1v) is 6.89. The number of aryl methyl sites for hydroxylation is 1. The van der Waals surface area contributed by atoms with E-state index in [1.54, 1.807) is 18.2 Å². The molecule has 0 amide bonds. The monoisotopic (exact) mass is 306 g/mol. The zero-order valence-corrected chi connectivity index (χ0v) is 12.3. The smallest absolute Gasteiger partial charge is 0.139 e. The Morgan fingerprint density at radius 3 is 2.85 bits per heavy atom. The first-order valence-electron chi connectivity index (χ1n) is 6.14. The minimum absolute atomic E-state index is 0.348. The van der Waals surface area contributed by atoms with Crippen LogP contribution in [0.25, 0.3) is 5.65 Å². The van der Waals surface area contributed by atoms with Crippen LogP contribution < -0.4 is 4.74 Å². The maximum Gasteiger partial charge on any atom is 0.139 e. The average molecular weight is 307 g/mol. The van der Waals surface area contributed by atoms with Gasteiger partial charge < -0.3 is 9.14 Å². The van der Waals surface area contributed by atoms with Gasteiger partial charge in [-0.3, -0.25) is 0 Å². The lowest BCUT2D eigenvalue weighted by Gasteiger charge is -2.06.